The smallest absolute Gasteiger partial charge is 0.330 e. The quantitative estimate of drug-likeness (QED) is 0.314. The number of hydrogen-bond donors (Lipinski definition) is 1. The van der Waals surface area contributed by atoms with Gasteiger partial charge in [0.05, 0.1) is 20.3 Å². The third-order valence-electron chi connectivity index (χ3n) is 4.42. The molecule has 156 valence electrons. The highest BCUT2D eigenvalue weighted by Crippen LogP contribution is 2.32. The molecule has 0 aliphatic rings. The first-order valence-corrected chi connectivity index (χ1v) is 10.0. The molecule has 5 heteroatoms. The highest BCUT2D eigenvalue weighted by atomic mass is 16.5. The predicted octanol–water partition coefficient (Wildman–Crippen LogP) is 4.87. The average molecular weight is 398 g/mol. The normalized spacial score (nSPS) is 10.9. The Labute approximate surface area is 172 Å². The van der Waals surface area contributed by atoms with Crippen molar-refractivity contribution >= 4 is 12.0 Å². The Hall–Kier alpha value is -2.79. The van der Waals surface area contributed by atoms with Crippen LogP contribution in [0.2, 0.25) is 0 Å². The minimum absolute atomic E-state index is 0.212. The Balaban J connectivity index is 1.99. The summed E-state index contributed by atoms with van der Waals surface area (Å²) in [7, 11) is 1.64. The van der Waals surface area contributed by atoms with Crippen LogP contribution in [-0.2, 0) is 9.53 Å². The molecule has 2 aromatic rings. The number of carbonyl (C=O) groups excluding carboxylic acids is 1. The minimum Gasteiger partial charge on any atom is -0.497 e. The molecule has 1 N–H and O–H groups in total. The topological polar surface area (TPSA) is 65.0 Å². The van der Waals surface area contributed by atoms with Gasteiger partial charge in [0.15, 0.2) is 0 Å². The van der Waals surface area contributed by atoms with Crippen molar-refractivity contribution in [3.8, 4) is 22.6 Å². The lowest BCUT2D eigenvalue weighted by Gasteiger charge is -2.12. The zero-order valence-corrected chi connectivity index (χ0v) is 17.2. The summed E-state index contributed by atoms with van der Waals surface area (Å²) in [6.07, 6.45) is 6.67. The number of aliphatic hydroxyl groups is 1. The monoisotopic (exact) mass is 398 g/mol. The third-order valence-corrected chi connectivity index (χ3v) is 4.42. The second-order valence-corrected chi connectivity index (χ2v) is 6.56. The number of esters is 1. The van der Waals surface area contributed by atoms with Crippen LogP contribution in [0.3, 0.4) is 0 Å². The van der Waals surface area contributed by atoms with Crippen molar-refractivity contribution < 1.29 is 24.1 Å². The zero-order chi connectivity index (χ0) is 20.9. The summed E-state index contributed by atoms with van der Waals surface area (Å²) in [6, 6.07) is 13.7. The Morgan fingerprint density at radius 3 is 2.48 bits per heavy atom. The van der Waals surface area contributed by atoms with Gasteiger partial charge in [0, 0.05) is 18.2 Å². The zero-order valence-electron chi connectivity index (χ0n) is 17.2. The van der Waals surface area contributed by atoms with Crippen LogP contribution in [0.1, 0.15) is 38.2 Å². The van der Waals surface area contributed by atoms with Crippen LogP contribution in [-0.4, -0.2) is 38.0 Å². The van der Waals surface area contributed by atoms with E-state index in [4.69, 9.17) is 19.3 Å². The van der Waals surface area contributed by atoms with Crippen molar-refractivity contribution in [2.24, 2.45) is 0 Å². The summed E-state index contributed by atoms with van der Waals surface area (Å²) in [5, 5.41) is 8.74. The lowest BCUT2D eigenvalue weighted by Crippen LogP contribution is -2.02. The van der Waals surface area contributed by atoms with E-state index in [-0.39, 0.29) is 12.6 Å². The van der Waals surface area contributed by atoms with Gasteiger partial charge in [-0.1, -0.05) is 30.7 Å². The van der Waals surface area contributed by atoms with Crippen LogP contribution >= 0.6 is 0 Å². The molecular weight excluding hydrogens is 368 g/mol. The summed E-state index contributed by atoms with van der Waals surface area (Å²) in [5.74, 6) is 1.21. The van der Waals surface area contributed by atoms with Crippen LogP contribution in [0, 0.1) is 0 Å². The second kappa shape index (κ2) is 12.6. The number of ether oxygens (including phenoxy) is 3. The van der Waals surface area contributed by atoms with Gasteiger partial charge < -0.3 is 19.3 Å². The summed E-state index contributed by atoms with van der Waals surface area (Å²) in [4.78, 5) is 11.9. The molecular formula is C24H30O5. The molecule has 0 atom stereocenters. The Kier molecular flexibility index (Phi) is 9.80. The second-order valence-electron chi connectivity index (χ2n) is 6.56. The Morgan fingerprint density at radius 1 is 1.03 bits per heavy atom. The van der Waals surface area contributed by atoms with Gasteiger partial charge in [-0.05, 0) is 61.6 Å². The maximum absolute atomic E-state index is 11.9. The number of hydrogen-bond acceptors (Lipinski definition) is 5. The first kappa shape index (κ1) is 22.5. The van der Waals surface area contributed by atoms with Crippen LogP contribution in [0.4, 0.5) is 0 Å². The molecule has 0 saturated heterocycles. The van der Waals surface area contributed by atoms with E-state index in [9.17, 15) is 4.79 Å². The molecule has 0 amide bonds. The minimum atomic E-state index is -0.357. The molecule has 0 aromatic heterocycles. The highest BCUT2D eigenvalue weighted by molar-refractivity contribution is 5.87. The van der Waals surface area contributed by atoms with Gasteiger partial charge in [-0.25, -0.2) is 4.79 Å². The van der Waals surface area contributed by atoms with Gasteiger partial charge in [-0.15, -0.1) is 0 Å². The molecule has 0 saturated carbocycles. The molecule has 0 spiro atoms. The SMILES string of the molecule is CCOc1cc(/C=C/C(=O)OCCCCCCO)ccc1-c1ccc(OC)cc1. The third kappa shape index (κ3) is 7.62. The number of aliphatic hydroxyl groups excluding tert-OH is 1. The maximum atomic E-state index is 11.9. The molecule has 2 rings (SSSR count). The molecule has 29 heavy (non-hydrogen) atoms. The van der Waals surface area contributed by atoms with Crippen molar-refractivity contribution in [2.45, 2.75) is 32.6 Å². The van der Waals surface area contributed by atoms with Crippen molar-refractivity contribution in [3.63, 3.8) is 0 Å². The number of benzene rings is 2. The fourth-order valence-corrected chi connectivity index (χ4v) is 2.88. The fraction of sp³-hybridized carbons (Fsp3) is 0.375. The summed E-state index contributed by atoms with van der Waals surface area (Å²) in [6.45, 7) is 3.10. The lowest BCUT2D eigenvalue weighted by atomic mass is 10.0. The average Bonchev–Trinajstić information content (AvgIpc) is 2.75. The largest absolute Gasteiger partial charge is 0.497 e. The van der Waals surface area contributed by atoms with Crippen LogP contribution in [0.25, 0.3) is 17.2 Å². The van der Waals surface area contributed by atoms with Gasteiger partial charge >= 0.3 is 5.97 Å². The molecule has 0 fully saturated rings. The van der Waals surface area contributed by atoms with Gasteiger partial charge in [0.1, 0.15) is 11.5 Å². The molecule has 0 heterocycles. The lowest BCUT2D eigenvalue weighted by molar-refractivity contribution is -0.137. The Morgan fingerprint density at radius 2 is 1.79 bits per heavy atom. The summed E-state index contributed by atoms with van der Waals surface area (Å²) >= 11 is 0. The molecule has 0 aliphatic carbocycles. The van der Waals surface area contributed by atoms with Crippen molar-refractivity contribution in [2.75, 3.05) is 26.9 Å². The van der Waals surface area contributed by atoms with E-state index in [1.165, 1.54) is 6.08 Å². The van der Waals surface area contributed by atoms with Gasteiger partial charge in [0.25, 0.3) is 0 Å². The molecule has 5 nitrogen and oxygen atoms in total. The summed E-state index contributed by atoms with van der Waals surface area (Å²) < 4.78 is 16.2. The first-order valence-electron chi connectivity index (χ1n) is 10.0. The van der Waals surface area contributed by atoms with Crippen LogP contribution < -0.4 is 9.47 Å². The van der Waals surface area contributed by atoms with Crippen LogP contribution in [0.5, 0.6) is 11.5 Å². The standard InChI is InChI=1S/C24H30O5/c1-3-28-23-18-19(9-15-24(26)29-17-7-5-4-6-16-25)8-14-22(23)20-10-12-21(27-2)13-11-20/h8-15,18,25H,3-7,16-17H2,1-2H3/b15-9+. The molecule has 2 aromatic carbocycles. The molecule has 0 unspecified atom stereocenters. The van der Waals surface area contributed by atoms with E-state index in [1.807, 2.05) is 49.4 Å². The highest BCUT2D eigenvalue weighted by Gasteiger charge is 2.08. The van der Waals surface area contributed by atoms with E-state index >= 15 is 0 Å². The van der Waals surface area contributed by atoms with E-state index in [1.54, 1.807) is 13.2 Å². The number of methoxy groups -OCH3 is 1. The predicted molar refractivity (Wildman–Crippen MR) is 115 cm³/mol. The van der Waals surface area contributed by atoms with Crippen molar-refractivity contribution in [1.82, 2.24) is 0 Å². The summed E-state index contributed by atoms with van der Waals surface area (Å²) in [5.41, 5.74) is 2.88. The molecule has 0 radical (unpaired) electrons. The van der Waals surface area contributed by atoms with Gasteiger partial charge in [-0.3, -0.25) is 0 Å². The Bertz CT molecular complexity index is 780. The van der Waals surface area contributed by atoms with Crippen molar-refractivity contribution in [1.29, 1.82) is 0 Å². The van der Waals surface area contributed by atoms with Gasteiger partial charge in [-0.2, -0.15) is 0 Å². The van der Waals surface area contributed by atoms with E-state index in [2.05, 4.69) is 0 Å². The number of unbranched alkanes of at least 4 members (excludes halogenated alkanes) is 3. The van der Waals surface area contributed by atoms with E-state index < -0.39 is 0 Å². The van der Waals surface area contributed by atoms with Crippen molar-refractivity contribution in [3.05, 3.63) is 54.1 Å². The molecule has 0 aliphatic heterocycles. The van der Waals surface area contributed by atoms with E-state index in [0.717, 1.165) is 53.9 Å². The van der Waals surface area contributed by atoms with Gasteiger partial charge in [0.2, 0.25) is 0 Å². The maximum Gasteiger partial charge on any atom is 0.330 e. The van der Waals surface area contributed by atoms with E-state index in [0.29, 0.717) is 13.2 Å². The fourth-order valence-electron chi connectivity index (χ4n) is 2.88. The van der Waals surface area contributed by atoms with Crippen LogP contribution in [0.15, 0.2) is 48.5 Å². The number of rotatable bonds is 12. The number of carbonyl (C=O) groups is 1. The first-order chi connectivity index (χ1) is 14.2. The molecule has 0 bridgehead atoms.